The van der Waals surface area contributed by atoms with E-state index in [0.29, 0.717) is 13.1 Å². The van der Waals surface area contributed by atoms with Crippen LogP contribution >= 0.6 is 11.3 Å². The highest BCUT2D eigenvalue weighted by molar-refractivity contribution is 7.22. The topological polar surface area (TPSA) is 83.3 Å². The molecule has 0 unspecified atom stereocenters. The van der Waals surface area contributed by atoms with Gasteiger partial charge in [-0.25, -0.2) is 9.78 Å². The molecule has 0 saturated carbocycles. The number of nitrogens with zero attached hydrogens (tertiary/aromatic N) is 2. The molecule has 0 bridgehead atoms. The van der Waals surface area contributed by atoms with Crippen LogP contribution in [0.3, 0.4) is 0 Å². The summed E-state index contributed by atoms with van der Waals surface area (Å²) in [4.78, 5) is 17.2. The van der Waals surface area contributed by atoms with E-state index in [2.05, 4.69) is 15.6 Å². The second-order valence-electron chi connectivity index (χ2n) is 4.30. The third-order valence-electron chi connectivity index (χ3n) is 2.50. The summed E-state index contributed by atoms with van der Waals surface area (Å²) in [5.74, 6) is 0. The fourth-order valence-corrected chi connectivity index (χ4v) is 2.45. The first kappa shape index (κ1) is 13.4. The molecule has 0 saturated heterocycles. The average molecular weight is 279 g/mol. The highest BCUT2D eigenvalue weighted by Gasteiger charge is 2.04. The van der Waals surface area contributed by atoms with Gasteiger partial charge in [0.25, 0.3) is 0 Å². The maximum absolute atomic E-state index is 11.3. The van der Waals surface area contributed by atoms with Crippen LogP contribution in [0.2, 0.25) is 0 Å². The highest BCUT2D eigenvalue weighted by atomic mass is 32.1. The van der Waals surface area contributed by atoms with Crippen molar-refractivity contribution in [3.05, 3.63) is 18.2 Å². The molecule has 1 aromatic heterocycles. The molecule has 1 aromatic carbocycles. The van der Waals surface area contributed by atoms with Crippen molar-refractivity contribution in [3.63, 3.8) is 0 Å². The van der Waals surface area contributed by atoms with Crippen molar-refractivity contribution < 1.29 is 4.79 Å². The molecule has 2 aromatic rings. The Morgan fingerprint density at radius 1 is 1.42 bits per heavy atom. The maximum atomic E-state index is 11.3. The van der Waals surface area contributed by atoms with E-state index in [1.165, 1.54) is 4.90 Å². The number of fused-ring (bicyclic) bond motifs is 1. The number of urea groups is 1. The molecular formula is C12H17N5OS. The fourth-order valence-electron chi connectivity index (χ4n) is 1.51. The molecule has 7 heteroatoms. The van der Waals surface area contributed by atoms with E-state index in [0.717, 1.165) is 21.0 Å². The van der Waals surface area contributed by atoms with Gasteiger partial charge in [0.1, 0.15) is 0 Å². The number of nitrogens with one attached hydrogen (secondary N) is 2. The predicted octanol–water partition coefficient (Wildman–Crippen LogP) is 1.56. The zero-order valence-electron chi connectivity index (χ0n) is 10.9. The minimum absolute atomic E-state index is 0.0983. The molecule has 0 fully saturated rings. The molecule has 0 radical (unpaired) electrons. The van der Waals surface area contributed by atoms with Crippen molar-refractivity contribution in [2.45, 2.75) is 0 Å². The average Bonchev–Trinajstić information content (AvgIpc) is 2.75. The zero-order chi connectivity index (χ0) is 13.8. The summed E-state index contributed by atoms with van der Waals surface area (Å²) in [5.41, 5.74) is 7.39. The number of amides is 2. The minimum Gasteiger partial charge on any atom is -0.399 e. The number of thiazole rings is 1. The largest absolute Gasteiger partial charge is 0.399 e. The lowest BCUT2D eigenvalue weighted by atomic mass is 10.3. The Bertz CT molecular complexity index is 581. The SMILES string of the molecule is CN(C)C(=O)NCCNc1nc2ccc(N)cc2s1. The molecule has 102 valence electrons. The molecule has 0 aliphatic heterocycles. The van der Waals surface area contributed by atoms with Crippen LogP contribution in [0.1, 0.15) is 0 Å². The van der Waals surface area contributed by atoms with Crippen LogP contribution in [0.15, 0.2) is 18.2 Å². The Morgan fingerprint density at radius 3 is 2.95 bits per heavy atom. The van der Waals surface area contributed by atoms with Gasteiger partial charge < -0.3 is 21.3 Å². The number of nitrogens with two attached hydrogens (primary N) is 1. The number of rotatable bonds is 4. The summed E-state index contributed by atoms with van der Waals surface area (Å²) < 4.78 is 1.06. The number of benzene rings is 1. The molecule has 2 rings (SSSR count). The fraction of sp³-hybridized carbons (Fsp3) is 0.333. The number of hydrogen-bond acceptors (Lipinski definition) is 5. The summed E-state index contributed by atoms with van der Waals surface area (Å²) in [5, 5.41) is 6.79. The third kappa shape index (κ3) is 3.47. The maximum Gasteiger partial charge on any atom is 0.316 e. The molecule has 0 aliphatic rings. The van der Waals surface area contributed by atoms with Gasteiger partial charge in [0.05, 0.1) is 10.2 Å². The number of hydrogen-bond donors (Lipinski definition) is 3. The molecule has 0 aliphatic carbocycles. The molecule has 0 atom stereocenters. The first-order chi connectivity index (χ1) is 9.06. The summed E-state index contributed by atoms with van der Waals surface area (Å²) >= 11 is 1.55. The summed E-state index contributed by atoms with van der Waals surface area (Å²) in [6.45, 7) is 1.18. The number of carbonyl (C=O) groups is 1. The van der Waals surface area contributed by atoms with Gasteiger partial charge in [-0.15, -0.1) is 0 Å². The van der Waals surface area contributed by atoms with Gasteiger partial charge in [-0.3, -0.25) is 0 Å². The zero-order valence-corrected chi connectivity index (χ0v) is 11.8. The van der Waals surface area contributed by atoms with Gasteiger partial charge in [0.15, 0.2) is 5.13 Å². The standard InChI is InChI=1S/C12H17N5OS/c1-17(2)12(18)15-6-5-14-11-16-9-4-3-8(13)7-10(9)19-11/h3-4,7H,5-6,13H2,1-2H3,(H,14,16)(H,15,18). The molecular weight excluding hydrogens is 262 g/mol. The number of aromatic nitrogens is 1. The van der Waals surface area contributed by atoms with Gasteiger partial charge in [-0.2, -0.15) is 0 Å². The van der Waals surface area contributed by atoms with Gasteiger partial charge >= 0.3 is 6.03 Å². The second kappa shape index (κ2) is 5.75. The lowest BCUT2D eigenvalue weighted by Gasteiger charge is -2.11. The lowest BCUT2D eigenvalue weighted by Crippen LogP contribution is -2.37. The molecule has 1 heterocycles. The van der Waals surface area contributed by atoms with Crippen molar-refractivity contribution in [2.24, 2.45) is 0 Å². The monoisotopic (exact) mass is 279 g/mol. The van der Waals surface area contributed by atoms with Crippen LogP contribution in [0, 0.1) is 0 Å². The van der Waals surface area contributed by atoms with Crippen LogP contribution in [0.5, 0.6) is 0 Å². The molecule has 19 heavy (non-hydrogen) atoms. The normalized spacial score (nSPS) is 10.4. The third-order valence-corrected chi connectivity index (χ3v) is 3.47. The van der Waals surface area contributed by atoms with E-state index in [-0.39, 0.29) is 6.03 Å². The lowest BCUT2D eigenvalue weighted by molar-refractivity contribution is 0.218. The van der Waals surface area contributed by atoms with E-state index in [9.17, 15) is 4.79 Å². The van der Waals surface area contributed by atoms with Crippen molar-refractivity contribution in [3.8, 4) is 0 Å². The Labute approximate surface area is 115 Å². The molecule has 6 nitrogen and oxygen atoms in total. The number of anilines is 2. The highest BCUT2D eigenvalue weighted by Crippen LogP contribution is 2.27. The van der Waals surface area contributed by atoms with E-state index >= 15 is 0 Å². The number of nitrogen functional groups attached to an aromatic ring is 1. The van der Waals surface area contributed by atoms with E-state index in [4.69, 9.17) is 5.73 Å². The van der Waals surface area contributed by atoms with Gasteiger partial charge in [-0.05, 0) is 18.2 Å². The van der Waals surface area contributed by atoms with Crippen molar-refractivity contribution >= 4 is 38.4 Å². The van der Waals surface area contributed by atoms with E-state index in [1.54, 1.807) is 25.4 Å². The van der Waals surface area contributed by atoms with Crippen LogP contribution in [-0.2, 0) is 0 Å². The van der Waals surface area contributed by atoms with Crippen LogP contribution < -0.4 is 16.4 Å². The van der Waals surface area contributed by atoms with Crippen molar-refractivity contribution in [1.82, 2.24) is 15.2 Å². The predicted molar refractivity (Wildman–Crippen MR) is 79.6 cm³/mol. The van der Waals surface area contributed by atoms with Gasteiger partial charge in [-0.1, -0.05) is 11.3 Å². The van der Waals surface area contributed by atoms with E-state index < -0.39 is 0 Å². The van der Waals surface area contributed by atoms with Crippen molar-refractivity contribution in [2.75, 3.05) is 38.2 Å². The van der Waals surface area contributed by atoms with Crippen LogP contribution in [0.25, 0.3) is 10.2 Å². The molecule has 4 N–H and O–H groups in total. The van der Waals surface area contributed by atoms with Crippen LogP contribution in [-0.4, -0.2) is 43.1 Å². The molecule has 2 amide bonds. The van der Waals surface area contributed by atoms with Gasteiger partial charge in [0, 0.05) is 32.9 Å². The Balaban J connectivity index is 1.86. The first-order valence-corrected chi connectivity index (χ1v) is 6.73. The van der Waals surface area contributed by atoms with E-state index in [1.807, 2.05) is 18.2 Å². The van der Waals surface area contributed by atoms with Crippen LogP contribution in [0.4, 0.5) is 15.6 Å². The van der Waals surface area contributed by atoms with Gasteiger partial charge in [0.2, 0.25) is 0 Å². The quantitative estimate of drug-likeness (QED) is 0.586. The summed E-state index contributed by atoms with van der Waals surface area (Å²) in [6.07, 6.45) is 0. The number of carbonyl (C=O) groups excluding carboxylic acids is 1. The minimum atomic E-state index is -0.0983. The smallest absolute Gasteiger partial charge is 0.316 e. The van der Waals surface area contributed by atoms with Crippen molar-refractivity contribution in [1.29, 1.82) is 0 Å². The second-order valence-corrected chi connectivity index (χ2v) is 5.33. The summed E-state index contributed by atoms with van der Waals surface area (Å²) in [7, 11) is 3.42. The molecule has 0 spiro atoms. The Kier molecular flexibility index (Phi) is 4.06. The Morgan fingerprint density at radius 2 is 2.21 bits per heavy atom. The first-order valence-electron chi connectivity index (χ1n) is 5.91. The Hall–Kier alpha value is -2.02. The summed E-state index contributed by atoms with van der Waals surface area (Å²) in [6, 6.07) is 5.55.